The first kappa shape index (κ1) is 13.9. The van der Waals surface area contributed by atoms with E-state index in [1.54, 1.807) is 18.5 Å². The molecule has 0 atom stereocenters. The highest BCUT2D eigenvalue weighted by Crippen LogP contribution is 2.16. The number of pyridine rings is 2. The zero-order valence-electron chi connectivity index (χ0n) is 11.9. The molecule has 2 heterocycles. The molecule has 1 N–H and O–H groups in total. The Morgan fingerprint density at radius 3 is 2.41 bits per heavy atom. The van der Waals surface area contributed by atoms with E-state index >= 15 is 0 Å². The van der Waals surface area contributed by atoms with E-state index in [2.05, 4.69) is 15.3 Å². The maximum absolute atomic E-state index is 12.1. The van der Waals surface area contributed by atoms with Crippen molar-refractivity contribution in [2.45, 2.75) is 6.54 Å². The van der Waals surface area contributed by atoms with Crippen LogP contribution in [0, 0.1) is 0 Å². The van der Waals surface area contributed by atoms with E-state index in [0.29, 0.717) is 12.1 Å². The SMILES string of the molecule is O=C(NCc1ccccn1)c1ccc(-c2ccccc2)nc1. The van der Waals surface area contributed by atoms with Gasteiger partial charge < -0.3 is 5.32 Å². The van der Waals surface area contributed by atoms with Crippen molar-refractivity contribution in [3.63, 3.8) is 0 Å². The molecule has 4 nitrogen and oxygen atoms in total. The molecule has 2 aromatic heterocycles. The number of amides is 1. The molecule has 0 spiro atoms. The fourth-order valence-corrected chi connectivity index (χ4v) is 2.08. The van der Waals surface area contributed by atoms with E-state index in [4.69, 9.17) is 0 Å². The van der Waals surface area contributed by atoms with Crippen LogP contribution in [0.5, 0.6) is 0 Å². The Hall–Kier alpha value is -3.01. The minimum absolute atomic E-state index is 0.155. The van der Waals surface area contributed by atoms with Gasteiger partial charge in [0.1, 0.15) is 0 Å². The quantitative estimate of drug-likeness (QED) is 0.803. The number of hydrogen-bond donors (Lipinski definition) is 1. The van der Waals surface area contributed by atoms with E-state index in [0.717, 1.165) is 17.0 Å². The van der Waals surface area contributed by atoms with Crippen LogP contribution in [0.4, 0.5) is 0 Å². The largest absolute Gasteiger partial charge is 0.346 e. The Morgan fingerprint density at radius 2 is 1.73 bits per heavy atom. The number of nitrogens with zero attached hydrogens (tertiary/aromatic N) is 2. The molecule has 0 aliphatic rings. The smallest absolute Gasteiger partial charge is 0.253 e. The van der Waals surface area contributed by atoms with Gasteiger partial charge in [0.2, 0.25) is 0 Å². The number of benzene rings is 1. The monoisotopic (exact) mass is 289 g/mol. The Bertz CT molecular complexity index is 740. The van der Waals surface area contributed by atoms with Crippen molar-refractivity contribution in [3.05, 3.63) is 84.3 Å². The minimum atomic E-state index is -0.155. The molecule has 0 unspecified atom stereocenters. The summed E-state index contributed by atoms with van der Waals surface area (Å²) in [6, 6.07) is 19.1. The average molecular weight is 289 g/mol. The van der Waals surface area contributed by atoms with E-state index in [1.807, 2.05) is 54.6 Å². The van der Waals surface area contributed by atoms with Crippen LogP contribution in [-0.4, -0.2) is 15.9 Å². The minimum Gasteiger partial charge on any atom is -0.346 e. The third-order valence-corrected chi connectivity index (χ3v) is 3.25. The molecule has 1 aromatic carbocycles. The van der Waals surface area contributed by atoms with Gasteiger partial charge in [-0.2, -0.15) is 0 Å². The molecule has 0 bridgehead atoms. The summed E-state index contributed by atoms with van der Waals surface area (Å²) in [6.45, 7) is 0.403. The van der Waals surface area contributed by atoms with E-state index in [-0.39, 0.29) is 5.91 Å². The van der Waals surface area contributed by atoms with Gasteiger partial charge in [-0.05, 0) is 24.3 Å². The first-order valence-electron chi connectivity index (χ1n) is 7.02. The van der Waals surface area contributed by atoms with Crippen LogP contribution in [0.1, 0.15) is 16.1 Å². The highest BCUT2D eigenvalue weighted by Gasteiger charge is 2.07. The highest BCUT2D eigenvalue weighted by molar-refractivity contribution is 5.94. The van der Waals surface area contributed by atoms with Gasteiger partial charge in [0, 0.05) is 18.0 Å². The lowest BCUT2D eigenvalue weighted by Crippen LogP contribution is -2.23. The molecule has 108 valence electrons. The van der Waals surface area contributed by atoms with Crippen molar-refractivity contribution >= 4 is 5.91 Å². The zero-order chi connectivity index (χ0) is 15.2. The van der Waals surface area contributed by atoms with E-state index < -0.39 is 0 Å². The first-order chi connectivity index (χ1) is 10.8. The van der Waals surface area contributed by atoms with Gasteiger partial charge in [-0.15, -0.1) is 0 Å². The normalized spacial score (nSPS) is 10.2. The lowest BCUT2D eigenvalue weighted by atomic mass is 10.1. The second-order valence-electron chi connectivity index (χ2n) is 4.80. The standard InChI is InChI=1S/C18H15N3O/c22-18(21-13-16-8-4-5-11-19-16)15-9-10-17(20-12-15)14-6-2-1-3-7-14/h1-12H,13H2,(H,21,22). The van der Waals surface area contributed by atoms with E-state index in [9.17, 15) is 4.79 Å². The maximum Gasteiger partial charge on any atom is 0.253 e. The number of rotatable bonds is 4. The van der Waals surface area contributed by atoms with Crippen LogP contribution in [-0.2, 0) is 6.54 Å². The Labute approximate surface area is 128 Å². The van der Waals surface area contributed by atoms with Crippen molar-refractivity contribution in [2.75, 3.05) is 0 Å². The van der Waals surface area contributed by atoms with Crippen molar-refractivity contribution in [3.8, 4) is 11.3 Å². The molecule has 3 rings (SSSR count). The second-order valence-corrected chi connectivity index (χ2v) is 4.80. The van der Waals surface area contributed by atoms with Gasteiger partial charge in [0.05, 0.1) is 23.5 Å². The third kappa shape index (κ3) is 3.35. The summed E-state index contributed by atoms with van der Waals surface area (Å²) >= 11 is 0. The number of carbonyl (C=O) groups is 1. The zero-order valence-corrected chi connectivity index (χ0v) is 11.9. The van der Waals surface area contributed by atoms with Crippen molar-refractivity contribution < 1.29 is 4.79 Å². The maximum atomic E-state index is 12.1. The van der Waals surface area contributed by atoms with Gasteiger partial charge in [0.15, 0.2) is 0 Å². The molecular weight excluding hydrogens is 274 g/mol. The molecule has 0 aliphatic heterocycles. The Balaban J connectivity index is 1.66. The van der Waals surface area contributed by atoms with Crippen molar-refractivity contribution in [1.82, 2.24) is 15.3 Å². The van der Waals surface area contributed by atoms with Crippen LogP contribution < -0.4 is 5.32 Å². The molecular formula is C18H15N3O. The van der Waals surface area contributed by atoms with Crippen LogP contribution in [0.2, 0.25) is 0 Å². The molecule has 0 fully saturated rings. The molecule has 3 aromatic rings. The van der Waals surface area contributed by atoms with Gasteiger partial charge in [-0.3, -0.25) is 14.8 Å². The van der Waals surface area contributed by atoms with Gasteiger partial charge in [-0.25, -0.2) is 0 Å². The summed E-state index contributed by atoms with van der Waals surface area (Å²) in [5.41, 5.74) is 3.24. The van der Waals surface area contributed by atoms with Crippen molar-refractivity contribution in [2.24, 2.45) is 0 Å². The third-order valence-electron chi connectivity index (χ3n) is 3.25. The Kier molecular flexibility index (Phi) is 4.20. The second kappa shape index (κ2) is 6.63. The number of hydrogen-bond acceptors (Lipinski definition) is 3. The summed E-state index contributed by atoms with van der Waals surface area (Å²) in [6.07, 6.45) is 3.30. The summed E-state index contributed by atoms with van der Waals surface area (Å²) in [5.74, 6) is -0.155. The lowest BCUT2D eigenvalue weighted by Gasteiger charge is -2.05. The molecule has 0 radical (unpaired) electrons. The lowest BCUT2D eigenvalue weighted by molar-refractivity contribution is 0.0950. The van der Waals surface area contributed by atoms with Crippen LogP contribution >= 0.6 is 0 Å². The van der Waals surface area contributed by atoms with Gasteiger partial charge in [-0.1, -0.05) is 36.4 Å². The topological polar surface area (TPSA) is 54.9 Å². The number of nitrogens with one attached hydrogen (secondary N) is 1. The fourth-order valence-electron chi connectivity index (χ4n) is 2.08. The fraction of sp³-hybridized carbons (Fsp3) is 0.0556. The molecule has 22 heavy (non-hydrogen) atoms. The van der Waals surface area contributed by atoms with E-state index in [1.165, 1.54) is 0 Å². The number of carbonyl (C=O) groups excluding carboxylic acids is 1. The molecule has 0 aliphatic carbocycles. The number of aromatic nitrogens is 2. The van der Waals surface area contributed by atoms with Gasteiger partial charge >= 0.3 is 0 Å². The predicted molar refractivity (Wildman–Crippen MR) is 85.1 cm³/mol. The molecule has 0 saturated carbocycles. The molecule has 4 heteroatoms. The molecule has 0 saturated heterocycles. The predicted octanol–water partition coefficient (Wildman–Crippen LogP) is 3.07. The summed E-state index contributed by atoms with van der Waals surface area (Å²) in [7, 11) is 0. The first-order valence-corrected chi connectivity index (χ1v) is 7.02. The summed E-state index contributed by atoms with van der Waals surface area (Å²) in [5, 5.41) is 2.83. The van der Waals surface area contributed by atoms with Gasteiger partial charge in [0.25, 0.3) is 5.91 Å². The van der Waals surface area contributed by atoms with Crippen LogP contribution in [0.15, 0.2) is 73.1 Å². The summed E-state index contributed by atoms with van der Waals surface area (Å²) in [4.78, 5) is 20.6. The van der Waals surface area contributed by atoms with Crippen molar-refractivity contribution in [1.29, 1.82) is 0 Å². The summed E-state index contributed by atoms with van der Waals surface area (Å²) < 4.78 is 0. The van der Waals surface area contributed by atoms with Crippen LogP contribution in [0.25, 0.3) is 11.3 Å². The Morgan fingerprint density at radius 1 is 0.909 bits per heavy atom. The molecule has 1 amide bonds. The van der Waals surface area contributed by atoms with Crippen LogP contribution in [0.3, 0.4) is 0 Å². The highest BCUT2D eigenvalue weighted by atomic mass is 16.1. The average Bonchev–Trinajstić information content (AvgIpc) is 2.61.